The smallest absolute Gasteiger partial charge is 0.255 e. The fourth-order valence-electron chi connectivity index (χ4n) is 5.05. The number of hydrazine groups is 1. The number of hydrogen-bond acceptors (Lipinski definition) is 3. The second kappa shape index (κ2) is 3.77. The molecule has 5 fully saturated rings. The lowest BCUT2D eigenvalue weighted by Crippen LogP contribution is -2.70. The summed E-state index contributed by atoms with van der Waals surface area (Å²) in [5, 5.41) is 1.55. The summed E-state index contributed by atoms with van der Waals surface area (Å²) < 4.78 is 23.4. The molecule has 1 unspecified atom stereocenters. The lowest BCUT2D eigenvalue weighted by molar-refractivity contribution is -0.189. The summed E-state index contributed by atoms with van der Waals surface area (Å²) in [6, 6.07) is 0.164. The van der Waals surface area contributed by atoms with E-state index in [1.165, 1.54) is 36.5 Å². The largest absolute Gasteiger partial charge is 0.758 e. The zero-order valence-electron chi connectivity index (χ0n) is 10.2. The summed E-state index contributed by atoms with van der Waals surface area (Å²) >= 11 is -2.29. The van der Waals surface area contributed by atoms with Gasteiger partial charge in [-0.05, 0) is 55.8 Å². The van der Waals surface area contributed by atoms with Crippen molar-refractivity contribution in [2.45, 2.75) is 38.1 Å². The monoisotopic (exact) mass is 269 g/mol. The van der Waals surface area contributed by atoms with Crippen LogP contribution in [0.25, 0.3) is 0 Å². The van der Waals surface area contributed by atoms with Crippen LogP contribution >= 0.6 is 0 Å². The van der Waals surface area contributed by atoms with Crippen LogP contribution < -0.4 is 0 Å². The van der Waals surface area contributed by atoms with Gasteiger partial charge in [0.25, 0.3) is 5.91 Å². The molecule has 1 atom stereocenters. The van der Waals surface area contributed by atoms with Crippen LogP contribution in [0.5, 0.6) is 0 Å². The van der Waals surface area contributed by atoms with Gasteiger partial charge in [-0.25, -0.2) is 0 Å². The van der Waals surface area contributed by atoms with Crippen molar-refractivity contribution in [1.29, 1.82) is 0 Å². The number of hydrogen-bond donors (Lipinski definition) is 0. The fourth-order valence-corrected chi connectivity index (χ4v) is 5.61. The molecule has 1 heterocycles. The van der Waals surface area contributed by atoms with Crippen molar-refractivity contribution < 1.29 is 13.6 Å². The lowest BCUT2D eigenvalue weighted by atomic mass is 9.54. The van der Waals surface area contributed by atoms with Crippen molar-refractivity contribution in [3.63, 3.8) is 0 Å². The second-order valence-electron chi connectivity index (χ2n) is 6.39. The Bertz CT molecular complexity index is 400. The standard InChI is InChI=1S/C12H18N2O3S/c15-11-6-13(18(16)17)14(11)12-9-2-7-1-8(4-9)5-10(12)3-7/h7-10,12H,1-6H2,(H,16,17)/p-1. The van der Waals surface area contributed by atoms with Gasteiger partial charge in [-0.15, -0.1) is 4.41 Å². The Hall–Kier alpha value is -0.460. The third-order valence-corrected chi connectivity index (χ3v) is 6.05. The molecular weight excluding hydrogens is 252 g/mol. The molecule has 4 bridgehead atoms. The van der Waals surface area contributed by atoms with Crippen LogP contribution in [0.3, 0.4) is 0 Å². The molecule has 5 aliphatic rings. The normalized spacial score (nSPS) is 48.4. The molecule has 18 heavy (non-hydrogen) atoms. The molecular formula is C12H17N2O3S-. The van der Waals surface area contributed by atoms with E-state index < -0.39 is 11.3 Å². The van der Waals surface area contributed by atoms with E-state index in [1.807, 2.05) is 0 Å². The summed E-state index contributed by atoms with van der Waals surface area (Å²) in [6.45, 7) is 0.0406. The highest BCUT2D eigenvalue weighted by Gasteiger charge is 2.54. The number of carbonyl (C=O) groups is 1. The lowest BCUT2D eigenvalue weighted by Gasteiger charge is -2.60. The minimum atomic E-state index is -2.29. The summed E-state index contributed by atoms with van der Waals surface area (Å²) in [5.41, 5.74) is 0. The van der Waals surface area contributed by atoms with Gasteiger partial charge in [-0.3, -0.25) is 14.0 Å². The Morgan fingerprint density at radius 1 is 1.06 bits per heavy atom. The Morgan fingerprint density at radius 3 is 2.06 bits per heavy atom. The average molecular weight is 269 g/mol. The van der Waals surface area contributed by atoms with Gasteiger partial charge in [-0.1, -0.05) is 0 Å². The first-order chi connectivity index (χ1) is 8.63. The van der Waals surface area contributed by atoms with E-state index in [9.17, 15) is 13.6 Å². The first-order valence-electron chi connectivity index (χ1n) is 6.82. The Kier molecular flexibility index (Phi) is 2.38. The van der Waals surface area contributed by atoms with Gasteiger partial charge in [-0.2, -0.15) is 0 Å². The van der Waals surface area contributed by atoms with Crippen molar-refractivity contribution in [1.82, 2.24) is 9.42 Å². The molecule has 1 amide bonds. The molecule has 0 N–H and O–H groups in total. The van der Waals surface area contributed by atoms with E-state index >= 15 is 0 Å². The predicted octanol–water partition coefficient (Wildman–Crippen LogP) is 0.664. The minimum absolute atomic E-state index is 0.0170. The van der Waals surface area contributed by atoms with E-state index in [-0.39, 0.29) is 18.5 Å². The van der Waals surface area contributed by atoms with Crippen LogP contribution in [0.4, 0.5) is 0 Å². The van der Waals surface area contributed by atoms with E-state index in [0.29, 0.717) is 11.8 Å². The van der Waals surface area contributed by atoms with Gasteiger partial charge >= 0.3 is 0 Å². The molecule has 6 heteroatoms. The molecule has 1 saturated heterocycles. The number of carbonyl (C=O) groups excluding carboxylic acids is 1. The molecule has 4 aliphatic carbocycles. The highest BCUT2D eigenvalue weighted by Crippen LogP contribution is 2.55. The first-order valence-corrected chi connectivity index (χ1v) is 7.85. The van der Waals surface area contributed by atoms with Crippen LogP contribution in [-0.4, -0.2) is 36.7 Å². The minimum Gasteiger partial charge on any atom is -0.758 e. The third-order valence-electron chi connectivity index (χ3n) is 5.40. The molecule has 4 saturated carbocycles. The van der Waals surface area contributed by atoms with E-state index in [4.69, 9.17) is 0 Å². The van der Waals surface area contributed by atoms with Gasteiger partial charge in [0.1, 0.15) is 6.54 Å². The quantitative estimate of drug-likeness (QED) is 0.692. The first kappa shape index (κ1) is 11.4. The van der Waals surface area contributed by atoms with Crippen molar-refractivity contribution in [2.24, 2.45) is 23.7 Å². The highest BCUT2D eigenvalue weighted by atomic mass is 32.2. The predicted molar refractivity (Wildman–Crippen MR) is 63.3 cm³/mol. The zero-order chi connectivity index (χ0) is 12.4. The number of rotatable bonds is 2. The van der Waals surface area contributed by atoms with Crippen LogP contribution in [0.15, 0.2) is 0 Å². The third kappa shape index (κ3) is 1.45. The van der Waals surface area contributed by atoms with Gasteiger partial charge in [0.2, 0.25) is 0 Å². The van der Waals surface area contributed by atoms with Crippen molar-refractivity contribution in [3.8, 4) is 0 Å². The summed E-state index contributed by atoms with van der Waals surface area (Å²) in [4.78, 5) is 11.8. The maximum atomic E-state index is 11.8. The molecule has 0 aromatic carbocycles. The topological polar surface area (TPSA) is 63.7 Å². The van der Waals surface area contributed by atoms with E-state index in [0.717, 1.165) is 11.8 Å². The molecule has 0 aromatic rings. The molecule has 5 nitrogen and oxygen atoms in total. The van der Waals surface area contributed by atoms with Gasteiger partial charge in [0.15, 0.2) is 0 Å². The maximum absolute atomic E-state index is 11.8. The Labute approximate surface area is 109 Å². The number of amides is 1. The second-order valence-corrected chi connectivity index (χ2v) is 7.24. The van der Waals surface area contributed by atoms with Crippen LogP contribution in [0, 0.1) is 23.7 Å². The van der Waals surface area contributed by atoms with Crippen LogP contribution in [0.1, 0.15) is 32.1 Å². The highest BCUT2D eigenvalue weighted by molar-refractivity contribution is 7.76. The average Bonchev–Trinajstić information content (AvgIpc) is 2.29. The van der Waals surface area contributed by atoms with Crippen LogP contribution in [-0.2, 0) is 16.1 Å². The van der Waals surface area contributed by atoms with Crippen molar-refractivity contribution in [3.05, 3.63) is 0 Å². The Balaban J connectivity index is 1.61. The summed E-state index contributed by atoms with van der Waals surface area (Å²) in [7, 11) is 0. The molecule has 100 valence electrons. The van der Waals surface area contributed by atoms with Gasteiger partial charge in [0, 0.05) is 11.3 Å². The van der Waals surface area contributed by atoms with Crippen molar-refractivity contribution in [2.75, 3.05) is 6.54 Å². The van der Waals surface area contributed by atoms with E-state index in [1.54, 1.807) is 5.01 Å². The van der Waals surface area contributed by atoms with Crippen LogP contribution in [0.2, 0.25) is 0 Å². The molecule has 5 rings (SSSR count). The maximum Gasteiger partial charge on any atom is 0.255 e. The van der Waals surface area contributed by atoms with Crippen molar-refractivity contribution >= 4 is 17.2 Å². The Morgan fingerprint density at radius 2 is 1.61 bits per heavy atom. The SMILES string of the molecule is O=C1CN(S(=O)[O-])N1C1C2CC3CC(C2)CC1C3. The van der Waals surface area contributed by atoms with Gasteiger partial charge < -0.3 is 4.55 Å². The molecule has 0 radical (unpaired) electrons. The fraction of sp³-hybridized carbons (Fsp3) is 0.917. The number of nitrogens with zero attached hydrogens (tertiary/aromatic N) is 2. The molecule has 0 spiro atoms. The zero-order valence-corrected chi connectivity index (χ0v) is 11.0. The summed E-state index contributed by atoms with van der Waals surface area (Å²) in [6.07, 6.45) is 6.15. The molecule has 0 aromatic heterocycles. The van der Waals surface area contributed by atoms with Gasteiger partial charge in [0.05, 0.1) is 6.04 Å². The summed E-state index contributed by atoms with van der Waals surface area (Å²) in [5.74, 6) is 2.74. The van der Waals surface area contributed by atoms with E-state index in [2.05, 4.69) is 0 Å². The molecule has 1 aliphatic heterocycles.